The topological polar surface area (TPSA) is 131 Å². The summed E-state index contributed by atoms with van der Waals surface area (Å²) in [6.45, 7) is 1.91. The lowest BCUT2D eigenvalue weighted by atomic mass is 9.83. The van der Waals surface area contributed by atoms with E-state index in [9.17, 15) is 9.59 Å². The molecule has 2 amide bonds. The summed E-state index contributed by atoms with van der Waals surface area (Å²) < 4.78 is 1.51. The van der Waals surface area contributed by atoms with Gasteiger partial charge in [-0.25, -0.2) is 0 Å². The van der Waals surface area contributed by atoms with Gasteiger partial charge in [0, 0.05) is 30.2 Å². The average Bonchev–Trinajstić information content (AvgIpc) is 3.37. The third-order valence-corrected chi connectivity index (χ3v) is 6.16. The molecule has 1 unspecified atom stereocenters. The predicted octanol–water partition coefficient (Wildman–Crippen LogP) is 3.02. The summed E-state index contributed by atoms with van der Waals surface area (Å²) in [5.41, 5.74) is 9.69. The molecule has 2 heterocycles. The summed E-state index contributed by atoms with van der Waals surface area (Å²) in [7, 11) is 1.71. The fourth-order valence-electron chi connectivity index (χ4n) is 4.43. The van der Waals surface area contributed by atoms with Crippen molar-refractivity contribution in [2.24, 2.45) is 13.0 Å². The van der Waals surface area contributed by atoms with Gasteiger partial charge in [-0.3, -0.25) is 19.4 Å². The van der Waals surface area contributed by atoms with Crippen molar-refractivity contribution in [2.75, 3.05) is 11.1 Å². The van der Waals surface area contributed by atoms with Crippen LogP contribution in [0.25, 0.3) is 11.1 Å². The van der Waals surface area contributed by atoms with E-state index >= 15 is 0 Å². The van der Waals surface area contributed by atoms with Crippen LogP contribution in [0, 0.1) is 12.8 Å². The molecule has 168 valence electrons. The van der Waals surface area contributed by atoms with Crippen LogP contribution in [0.1, 0.15) is 48.3 Å². The van der Waals surface area contributed by atoms with Crippen molar-refractivity contribution in [1.82, 2.24) is 25.3 Å². The molecular weight excluding hydrogens is 406 g/mol. The number of aryl methyl sites for hydroxylation is 2. The molecule has 1 aliphatic rings. The first-order valence-corrected chi connectivity index (χ1v) is 10.9. The van der Waals surface area contributed by atoms with Crippen molar-refractivity contribution in [3.05, 3.63) is 47.9 Å². The van der Waals surface area contributed by atoms with Crippen LogP contribution in [0.2, 0.25) is 0 Å². The first kappa shape index (κ1) is 21.6. The Bertz CT molecular complexity index is 1070. The monoisotopic (exact) mass is 435 g/mol. The number of amides is 2. The van der Waals surface area contributed by atoms with E-state index in [4.69, 9.17) is 5.73 Å². The number of anilines is 2. The van der Waals surface area contributed by atoms with Crippen molar-refractivity contribution in [2.45, 2.75) is 45.1 Å². The molecule has 0 saturated heterocycles. The molecular formula is C23H29N7O2. The highest BCUT2D eigenvalue weighted by atomic mass is 16.2. The van der Waals surface area contributed by atoms with E-state index in [0.29, 0.717) is 17.2 Å². The maximum atomic E-state index is 13.2. The van der Waals surface area contributed by atoms with Crippen molar-refractivity contribution < 1.29 is 9.59 Å². The zero-order chi connectivity index (χ0) is 22.7. The summed E-state index contributed by atoms with van der Waals surface area (Å²) in [5, 5.41) is 16.9. The number of nitrogens with one attached hydrogen (secondary N) is 3. The molecule has 4 rings (SSSR count). The van der Waals surface area contributed by atoms with Gasteiger partial charge in [-0.2, -0.15) is 10.2 Å². The Morgan fingerprint density at radius 2 is 1.88 bits per heavy atom. The van der Waals surface area contributed by atoms with E-state index in [-0.39, 0.29) is 17.7 Å². The second kappa shape index (κ2) is 9.25. The summed E-state index contributed by atoms with van der Waals surface area (Å²) >= 11 is 0. The molecule has 9 nitrogen and oxygen atoms in total. The minimum Gasteiger partial charge on any atom is -0.382 e. The number of hydrogen-bond acceptors (Lipinski definition) is 5. The molecule has 0 spiro atoms. The number of H-pyrrole nitrogens is 1. The van der Waals surface area contributed by atoms with Gasteiger partial charge >= 0.3 is 0 Å². The van der Waals surface area contributed by atoms with Crippen LogP contribution in [0.5, 0.6) is 0 Å². The number of nitrogen functional groups attached to an aromatic ring is 1. The number of hydrogen-bond donors (Lipinski definition) is 4. The van der Waals surface area contributed by atoms with Crippen LogP contribution in [0.4, 0.5) is 11.5 Å². The van der Waals surface area contributed by atoms with E-state index in [2.05, 4.69) is 25.9 Å². The Morgan fingerprint density at radius 1 is 1.16 bits per heavy atom. The molecule has 1 atom stereocenters. The Hall–Kier alpha value is -3.62. The Labute approximate surface area is 186 Å². The van der Waals surface area contributed by atoms with Gasteiger partial charge in [-0.15, -0.1) is 0 Å². The lowest BCUT2D eigenvalue weighted by Gasteiger charge is -2.30. The molecule has 0 bridgehead atoms. The van der Waals surface area contributed by atoms with E-state index in [1.807, 2.05) is 31.2 Å². The number of aromatic nitrogens is 4. The van der Waals surface area contributed by atoms with Crippen molar-refractivity contribution in [3.8, 4) is 11.1 Å². The maximum absolute atomic E-state index is 13.2. The van der Waals surface area contributed by atoms with E-state index in [1.165, 1.54) is 11.1 Å². The van der Waals surface area contributed by atoms with Crippen molar-refractivity contribution in [1.29, 1.82) is 0 Å². The standard InChI is InChI=1S/C23H29N7O2/c1-14-19(21(24)29-28-14)15-8-10-17(11-9-15)26-23(32)20(16-6-4-3-5-7-16)27-22(31)18-12-13-25-30(18)2/h8-13,16,20H,3-7H2,1-2H3,(H,26,32)(H,27,31)(H3,24,28,29). The molecule has 1 aliphatic carbocycles. The van der Waals surface area contributed by atoms with Crippen LogP contribution < -0.4 is 16.4 Å². The number of aromatic amines is 1. The molecule has 5 N–H and O–H groups in total. The number of nitrogens with two attached hydrogens (primary N) is 1. The predicted molar refractivity (Wildman–Crippen MR) is 123 cm³/mol. The minimum atomic E-state index is -0.607. The molecule has 1 saturated carbocycles. The van der Waals surface area contributed by atoms with Gasteiger partial charge in [-0.1, -0.05) is 31.4 Å². The summed E-state index contributed by atoms with van der Waals surface area (Å²) in [6, 6.07) is 8.50. The minimum absolute atomic E-state index is 0.105. The van der Waals surface area contributed by atoms with Crippen LogP contribution >= 0.6 is 0 Å². The highest BCUT2D eigenvalue weighted by molar-refractivity contribution is 6.00. The second-order valence-electron chi connectivity index (χ2n) is 8.36. The second-order valence-corrected chi connectivity index (χ2v) is 8.36. The molecule has 2 aromatic heterocycles. The molecule has 9 heteroatoms. The zero-order valence-corrected chi connectivity index (χ0v) is 18.4. The fraction of sp³-hybridized carbons (Fsp3) is 0.391. The van der Waals surface area contributed by atoms with E-state index in [1.54, 1.807) is 19.3 Å². The Kier molecular flexibility index (Phi) is 6.25. The van der Waals surface area contributed by atoms with Gasteiger partial charge < -0.3 is 16.4 Å². The molecule has 1 fully saturated rings. The largest absolute Gasteiger partial charge is 0.382 e. The van der Waals surface area contributed by atoms with Gasteiger partial charge in [0.1, 0.15) is 11.7 Å². The van der Waals surface area contributed by atoms with Crippen LogP contribution in [0.15, 0.2) is 36.5 Å². The van der Waals surface area contributed by atoms with Crippen molar-refractivity contribution in [3.63, 3.8) is 0 Å². The van der Waals surface area contributed by atoms with Gasteiger partial charge in [0.15, 0.2) is 5.82 Å². The summed E-state index contributed by atoms with van der Waals surface area (Å²) in [5.74, 6) is 0.0410. The quantitative estimate of drug-likeness (QED) is 0.473. The highest BCUT2D eigenvalue weighted by Gasteiger charge is 2.31. The third kappa shape index (κ3) is 4.51. The molecule has 0 aliphatic heterocycles. The Balaban J connectivity index is 1.50. The smallest absolute Gasteiger partial charge is 0.270 e. The lowest BCUT2D eigenvalue weighted by molar-refractivity contribution is -0.119. The Morgan fingerprint density at radius 3 is 2.47 bits per heavy atom. The highest BCUT2D eigenvalue weighted by Crippen LogP contribution is 2.30. The SMILES string of the molecule is Cc1[nH]nc(N)c1-c1ccc(NC(=O)C(NC(=O)c2ccnn2C)C2CCCCC2)cc1. The third-order valence-electron chi connectivity index (χ3n) is 6.16. The number of carbonyl (C=O) groups is 2. The average molecular weight is 436 g/mol. The molecule has 0 radical (unpaired) electrons. The number of carbonyl (C=O) groups excluding carboxylic acids is 2. The first-order chi connectivity index (χ1) is 15.4. The zero-order valence-electron chi connectivity index (χ0n) is 18.4. The van der Waals surface area contributed by atoms with E-state index < -0.39 is 6.04 Å². The van der Waals surface area contributed by atoms with Gasteiger partial charge in [0.25, 0.3) is 5.91 Å². The number of benzene rings is 1. The number of rotatable bonds is 6. The lowest BCUT2D eigenvalue weighted by Crippen LogP contribution is -2.49. The molecule has 3 aromatic rings. The molecule has 32 heavy (non-hydrogen) atoms. The first-order valence-electron chi connectivity index (χ1n) is 10.9. The van der Waals surface area contributed by atoms with Crippen LogP contribution in [0.3, 0.4) is 0 Å². The summed E-state index contributed by atoms with van der Waals surface area (Å²) in [6.07, 6.45) is 6.70. The number of nitrogens with zero attached hydrogens (tertiary/aromatic N) is 3. The summed E-state index contributed by atoms with van der Waals surface area (Å²) in [4.78, 5) is 26.0. The van der Waals surface area contributed by atoms with Crippen LogP contribution in [-0.2, 0) is 11.8 Å². The van der Waals surface area contributed by atoms with Crippen molar-refractivity contribution >= 4 is 23.3 Å². The van der Waals surface area contributed by atoms with E-state index in [0.717, 1.165) is 42.5 Å². The maximum Gasteiger partial charge on any atom is 0.270 e. The van der Waals surface area contributed by atoms with Gasteiger partial charge in [0.05, 0.1) is 0 Å². The molecule has 1 aromatic carbocycles. The van der Waals surface area contributed by atoms with Crippen LogP contribution in [-0.4, -0.2) is 37.8 Å². The fourth-order valence-corrected chi connectivity index (χ4v) is 4.43. The normalized spacial score (nSPS) is 15.3. The van der Waals surface area contributed by atoms with Gasteiger partial charge in [0.2, 0.25) is 5.91 Å². The van der Waals surface area contributed by atoms with Gasteiger partial charge in [-0.05, 0) is 49.4 Å².